The molecule has 0 atom stereocenters. The maximum absolute atomic E-state index is 13.4. The Morgan fingerprint density at radius 2 is 1.59 bits per heavy atom. The number of nitrogens with zero attached hydrogens (tertiary/aromatic N) is 1. The second kappa shape index (κ2) is 10.6. The number of nitrogens with one attached hydrogen (secondary N) is 1. The molecule has 168 valence electrons. The lowest BCUT2D eigenvalue weighted by molar-refractivity contribution is -0.116. The van der Waals surface area contributed by atoms with Gasteiger partial charge in [0.15, 0.2) is 0 Å². The van der Waals surface area contributed by atoms with Gasteiger partial charge >= 0.3 is 0 Å². The number of hydrogen-bond donors (Lipinski definition) is 1. The van der Waals surface area contributed by atoms with Gasteiger partial charge in [-0.2, -0.15) is 4.31 Å². The Labute approximate surface area is 191 Å². The Balaban J connectivity index is 1.85. The second-order valence-corrected chi connectivity index (χ2v) is 9.84. The lowest BCUT2D eigenvalue weighted by Gasteiger charge is -2.23. The van der Waals surface area contributed by atoms with Crippen LogP contribution in [0.5, 0.6) is 0 Å². The Kier molecular flexibility index (Phi) is 7.83. The number of anilines is 1. The zero-order valence-corrected chi connectivity index (χ0v) is 19.7. The predicted octanol–water partition coefficient (Wildman–Crippen LogP) is 4.74. The number of sulfonamides is 1. The molecular weight excluding hydrogens is 420 g/mol. The topological polar surface area (TPSA) is 66.5 Å². The van der Waals surface area contributed by atoms with Gasteiger partial charge in [0.1, 0.15) is 0 Å². The number of para-hydroxylation sites is 1. The summed E-state index contributed by atoms with van der Waals surface area (Å²) in [5.41, 5.74) is 4.73. The summed E-state index contributed by atoms with van der Waals surface area (Å²) in [7, 11) is -3.83. The molecule has 0 spiro atoms. The third kappa shape index (κ3) is 5.84. The van der Waals surface area contributed by atoms with E-state index in [1.807, 2.05) is 69.3 Å². The number of benzene rings is 3. The van der Waals surface area contributed by atoms with Crippen molar-refractivity contribution in [3.63, 3.8) is 0 Å². The van der Waals surface area contributed by atoms with Gasteiger partial charge in [-0.05, 0) is 55.5 Å². The minimum absolute atomic E-state index is 0.189. The van der Waals surface area contributed by atoms with Gasteiger partial charge in [0, 0.05) is 12.2 Å². The van der Waals surface area contributed by atoms with E-state index in [4.69, 9.17) is 0 Å². The van der Waals surface area contributed by atoms with Gasteiger partial charge in [-0.1, -0.05) is 73.2 Å². The van der Waals surface area contributed by atoms with Crippen LogP contribution in [0.15, 0.2) is 77.7 Å². The number of amides is 1. The van der Waals surface area contributed by atoms with Gasteiger partial charge in [0.25, 0.3) is 0 Å². The monoisotopic (exact) mass is 450 g/mol. The molecule has 6 heteroatoms. The number of carbonyl (C=O) groups excluding carboxylic acids is 1. The summed E-state index contributed by atoms with van der Waals surface area (Å²) in [6, 6.07) is 22.3. The fourth-order valence-corrected chi connectivity index (χ4v) is 4.98. The van der Waals surface area contributed by atoms with Crippen LogP contribution in [0.4, 0.5) is 5.69 Å². The van der Waals surface area contributed by atoms with Gasteiger partial charge in [0.2, 0.25) is 15.9 Å². The lowest BCUT2D eigenvalue weighted by Crippen LogP contribution is -2.39. The fourth-order valence-electron chi connectivity index (χ4n) is 3.58. The zero-order chi connectivity index (χ0) is 23.1. The van der Waals surface area contributed by atoms with E-state index in [1.165, 1.54) is 4.31 Å². The summed E-state index contributed by atoms with van der Waals surface area (Å²) < 4.78 is 28.0. The summed E-state index contributed by atoms with van der Waals surface area (Å²) >= 11 is 0. The van der Waals surface area contributed by atoms with Crippen LogP contribution in [-0.2, 0) is 27.7 Å². The third-order valence-electron chi connectivity index (χ3n) is 5.48. The molecule has 1 amide bonds. The smallest absolute Gasteiger partial charge is 0.243 e. The molecule has 0 saturated carbocycles. The molecule has 5 nitrogen and oxygen atoms in total. The van der Waals surface area contributed by atoms with Crippen molar-refractivity contribution in [1.82, 2.24) is 4.31 Å². The highest BCUT2D eigenvalue weighted by atomic mass is 32.2. The van der Waals surface area contributed by atoms with Crippen LogP contribution >= 0.6 is 0 Å². The Hall–Kier alpha value is -2.96. The van der Waals surface area contributed by atoms with Crippen molar-refractivity contribution in [2.45, 2.75) is 38.5 Å². The highest BCUT2D eigenvalue weighted by Gasteiger charge is 2.27. The van der Waals surface area contributed by atoms with Gasteiger partial charge in [-0.15, -0.1) is 0 Å². The van der Waals surface area contributed by atoms with E-state index in [1.54, 1.807) is 24.3 Å². The quantitative estimate of drug-likeness (QED) is 0.512. The molecule has 0 heterocycles. The molecule has 3 aromatic carbocycles. The van der Waals surface area contributed by atoms with Gasteiger partial charge < -0.3 is 5.32 Å². The fraction of sp³-hybridized carbons (Fsp3) is 0.269. The molecule has 0 fully saturated rings. The predicted molar refractivity (Wildman–Crippen MR) is 129 cm³/mol. The number of aryl methyl sites for hydroxylation is 3. The maximum atomic E-state index is 13.4. The first-order chi connectivity index (χ1) is 15.3. The first-order valence-corrected chi connectivity index (χ1v) is 12.2. The van der Waals surface area contributed by atoms with E-state index >= 15 is 0 Å². The molecule has 0 aliphatic carbocycles. The Morgan fingerprint density at radius 1 is 0.906 bits per heavy atom. The molecule has 1 N–H and O–H groups in total. The largest absolute Gasteiger partial charge is 0.324 e. The maximum Gasteiger partial charge on any atom is 0.243 e. The van der Waals surface area contributed by atoms with Crippen LogP contribution in [-0.4, -0.2) is 31.7 Å². The van der Waals surface area contributed by atoms with Gasteiger partial charge in [0.05, 0.1) is 11.4 Å². The molecule has 0 radical (unpaired) electrons. The SMILES string of the molecule is CCc1cccc(C)c1NC(=O)CN(CCc1ccccc1)S(=O)(=O)c1ccc(C)cc1. The van der Waals surface area contributed by atoms with Crippen LogP contribution in [0.2, 0.25) is 0 Å². The number of rotatable bonds is 9. The molecule has 0 aliphatic rings. The molecule has 0 aliphatic heterocycles. The van der Waals surface area contributed by atoms with E-state index < -0.39 is 10.0 Å². The van der Waals surface area contributed by atoms with E-state index in [-0.39, 0.29) is 23.9 Å². The van der Waals surface area contributed by atoms with Crippen LogP contribution in [0, 0.1) is 13.8 Å². The second-order valence-electron chi connectivity index (χ2n) is 7.90. The molecule has 3 aromatic rings. The van der Waals surface area contributed by atoms with E-state index in [2.05, 4.69) is 5.32 Å². The minimum atomic E-state index is -3.83. The van der Waals surface area contributed by atoms with Crippen LogP contribution in [0.1, 0.15) is 29.2 Å². The summed E-state index contributed by atoms with van der Waals surface area (Å²) in [6.07, 6.45) is 1.29. The van der Waals surface area contributed by atoms with Crippen LogP contribution < -0.4 is 5.32 Å². The van der Waals surface area contributed by atoms with Crippen molar-refractivity contribution >= 4 is 21.6 Å². The summed E-state index contributed by atoms with van der Waals surface area (Å²) in [6.45, 7) is 5.83. The Morgan fingerprint density at radius 3 is 2.25 bits per heavy atom. The van der Waals surface area contributed by atoms with Crippen LogP contribution in [0.25, 0.3) is 0 Å². The third-order valence-corrected chi connectivity index (χ3v) is 7.34. The minimum Gasteiger partial charge on any atom is -0.324 e. The first kappa shape index (κ1) is 23.7. The van der Waals surface area contributed by atoms with E-state index in [0.29, 0.717) is 6.42 Å². The lowest BCUT2D eigenvalue weighted by atomic mass is 10.1. The zero-order valence-electron chi connectivity index (χ0n) is 18.8. The standard InChI is InChI=1S/C26H30N2O3S/c1-4-23-12-8-9-21(3)26(23)27-25(29)19-28(18-17-22-10-6-5-7-11-22)32(30,31)24-15-13-20(2)14-16-24/h5-16H,4,17-19H2,1-3H3,(H,27,29). The van der Waals surface area contributed by atoms with Gasteiger partial charge in [-0.3, -0.25) is 4.79 Å². The van der Waals surface area contributed by atoms with Gasteiger partial charge in [-0.25, -0.2) is 8.42 Å². The molecular formula is C26H30N2O3S. The van der Waals surface area contributed by atoms with E-state index in [0.717, 1.165) is 34.4 Å². The first-order valence-electron chi connectivity index (χ1n) is 10.8. The molecule has 3 rings (SSSR count). The highest BCUT2D eigenvalue weighted by molar-refractivity contribution is 7.89. The number of carbonyl (C=O) groups is 1. The normalized spacial score (nSPS) is 11.5. The van der Waals surface area contributed by atoms with Crippen molar-refractivity contribution in [2.24, 2.45) is 0 Å². The van der Waals surface area contributed by atoms with Crippen molar-refractivity contribution in [3.05, 3.63) is 95.1 Å². The number of hydrogen-bond acceptors (Lipinski definition) is 3. The summed E-state index contributed by atoms with van der Waals surface area (Å²) in [5, 5.41) is 2.95. The molecule has 0 unspecified atom stereocenters. The average molecular weight is 451 g/mol. The molecule has 0 aromatic heterocycles. The van der Waals surface area contributed by atoms with Crippen LogP contribution in [0.3, 0.4) is 0 Å². The molecule has 0 saturated heterocycles. The average Bonchev–Trinajstić information content (AvgIpc) is 2.79. The summed E-state index contributed by atoms with van der Waals surface area (Å²) in [4.78, 5) is 13.2. The van der Waals surface area contributed by atoms with Crippen molar-refractivity contribution in [3.8, 4) is 0 Å². The molecule has 32 heavy (non-hydrogen) atoms. The molecule has 0 bridgehead atoms. The van der Waals surface area contributed by atoms with E-state index in [9.17, 15) is 13.2 Å². The highest BCUT2D eigenvalue weighted by Crippen LogP contribution is 2.22. The summed E-state index contributed by atoms with van der Waals surface area (Å²) in [5.74, 6) is -0.349. The Bertz CT molecular complexity index is 1160. The van der Waals surface area contributed by atoms with Crippen molar-refractivity contribution < 1.29 is 13.2 Å². The van der Waals surface area contributed by atoms with Crippen molar-refractivity contribution in [1.29, 1.82) is 0 Å². The van der Waals surface area contributed by atoms with Crippen molar-refractivity contribution in [2.75, 3.05) is 18.4 Å².